The lowest BCUT2D eigenvalue weighted by Crippen LogP contribution is -2.00. The monoisotopic (exact) mass is 201 g/mol. The second kappa shape index (κ2) is 4.48. The van der Waals surface area contributed by atoms with Crippen LogP contribution in [0.4, 0.5) is 0 Å². The number of aromatic nitrogens is 1. The summed E-state index contributed by atoms with van der Waals surface area (Å²) in [4.78, 5) is 15.1. The first-order valence-electron chi connectivity index (χ1n) is 3.37. The summed E-state index contributed by atoms with van der Waals surface area (Å²) in [5.41, 5.74) is 0.572. The molecule has 0 amide bonds. The first-order chi connectivity index (χ1) is 5.77. The smallest absolute Gasteiger partial charge is 0.179 e. The van der Waals surface area contributed by atoms with Crippen molar-refractivity contribution in [1.82, 2.24) is 4.98 Å². The van der Waals surface area contributed by atoms with E-state index in [4.69, 9.17) is 11.6 Å². The number of hydrogen-bond donors (Lipinski definition) is 0. The maximum atomic E-state index is 11.0. The Kier molecular flexibility index (Phi) is 3.56. The number of nitrogens with zero attached hydrogens (tertiary/aromatic N) is 1. The molecule has 0 aliphatic rings. The highest BCUT2D eigenvalue weighted by Gasteiger charge is 2.03. The Hall–Kier alpha value is -0.540. The summed E-state index contributed by atoms with van der Waals surface area (Å²) < 4.78 is 0. The topological polar surface area (TPSA) is 30.0 Å². The average Bonchev–Trinajstić information content (AvgIpc) is 2.17. The number of ketones is 1. The number of Topliss-reactive ketones (excluding diaryl/α,β-unsaturated/α-hetero) is 1. The van der Waals surface area contributed by atoms with Crippen LogP contribution in [-0.2, 0) is 0 Å². The molecule has 0 spiro atoms. The third kappa shape index (κ3) is 2.22. The number of pyridine rings is 1. The van der Waals surface area contributed by atoms with Crippen LogP contribution in [0.15, 0.2) is 23.4 Å². The van der Waals surface area contributed by atoms with Crippen molar-refractivity contribution in [3.05, 3.63) is 23.9 Å². The van der Waals surface area contributed by atoms with Crippen LogP contribution in [0.1, 0.15) is 10.4 Å². The molecule has 1 rings (SSSR count). The highest BCUT2D eigenvalue weighted by Crippen LogP contribution is 2.11. The summed E-state index contributed by atoms with van der Waals surface area (Å²) in [7, 11) is 0. The second-order valence-corrected chi connectivity index (χ2v) is 3.24. The van der Waals surface area contributed by atoms with E-state index in [-0.39, 0.29) is 11.7 Å². The summed E-state index contributed by atoms with van der Waals surface area (Å²) in [6.07, 6.45) is 3.49. The van der Waals surface area contributed by atoms with Crippen LogP contribution in [0.2, 0.25) is 0 Å². The lowest BCUT2D eigenvalue weighted by atomic mass is 10.2. The van der Waals surface area contributed by atoms with Crippen molar-refractivity contribution in [2.24, 2.45) is 0 Å². The van der Waals surface area contributed by atoms with E-state index in [2.05, 4.69) is 4.98 Å². The summed E-state index contributed by atoms with van der Waals surface area (Å²) in [5, 5.41) is 0.904. The number of hydrogen-bond acceptors (Lipinski definition) is 3. The van der Waals surface area contributed by atoms with Crippen molar-refractivity contribution < 1.29 is 4.79 Å². The van der Waals surface area contributed by atoms with Crippen LogP contribution in [0.25, 0.3) is 0 Å². The van der Waals surface area contributed by atoms with Crippen molar-refractivity contribution in [3.8, 4) is 0 Å². The van der Waals surface area contributed by atoms with Crippen molar-refractivity contribution in [1.29, 1.82) is 0 Å². The standard InChI is InChI=1S/C8H8ClNOS/c1-12-8-3-2-6(5-10-8)7(11)4-9/h2-3,5H,4H2,1H3. The van der Waals surface area contributed by atoms with Crippen LogP contribution < -0.4 is 0 Å². The van der Waals surface area contributed by atoms with E-state index in [1.165, 1.54) is 0 Å². The zero-order chi connectivity index (χ0) is 8.97. The second-order valence-electron chi connectivity index (χ2n) is 2.15. The van der Waals surface area contributed by atoms with Gasteiger partial charge in [0.05, 0.1) is 10.9 Å². The lowest BCUT2D eigenvalue weighted by molar-refractivity contribution is 0.102. The Balaban J connectivity index is 2.84. The van der Waals surface area contributed by atoms with E-state index in [9.17, 15) is 4.79 Å². The summed E-state index contributed by atoms with van der Waals surface area (Å²) in [6.45, 7) is 0. The molecule has 4 heteroatoms. The maximum Gasteiger partial charge on any atom is 0.179 e. The predicted octanol–water partition coefficient (Wildman–Crippen LogP) is 2.22. The van der Waals surface area contributed by atoms with Gasteiger partial charge in [0.15, 0.2) is 5.78 Å². The largest absolute Gasteiger partial charge is 0.293 e. The van der Waals surface area contributed by atoms with Crippen LogP contribution in [0.3, 0.4) is 0 Å². The lowest BCUT2D eigenvalue weighted by Gasteiger charge is -1.97. The first-order valence-corrected chi connectivity index (χ1v) is 5.13. The predicted molar refractivity (Wildman–Crippen MR) is 51.1 cm³/mol. The van der Waals surface area contributed by atoms with E-state index in [1.807, 2.05) is 12.3 Å². The molecule has 1 heterocycles. The fourth-order valence-electron chi connectivity index (χ4n) is 0.743. The van der Waals surface area contributed by atoms with Crippen LogP contribution in [0.5, 0.6) is 0 Å². The number of carbonyl (C=O) groups excluding carboxylic acids is 1. The highest BCUT2D eigenvalue weighted by molar-refractivity contribution is 7.98. The van der Waals surface area contributed by atoms with Gasteiger partial charge < -0.3 is 0 Å². The molecule has 1 aromatic heterocycles. The van der Waals surface area contributed by atoms with Gasteiger partial charge in [0.1, 0.15) is 0 Å². The molecule has 12 heavy (non-hydrogen) atoms. The quantitative estimate of drug-likeness (QED) is 0.427. The minimum absolute atomic E-state index is 0.0142. The normalized spacial score (nSPS) is 9.83. The highest BCUT2D eigenvalue weighted by atomic mass is 35.5. The Bertz CT molecular complexity index is 273. The van der Waals surface area contributed by atoms with E-state index in [0.717, 1.165) is 5.03 Å². The first kappa shape index (κ1) is 9.55. The number of rotatable bonds is 3. The molecule has 0 bridgehead atoms. The molecule has 64 valence electrons. The van der Waals surface area contributed by atoms with Gasteiger partial charge in [-0.2, -0.15) is 0 Å². The Labute approximate surface area is 80.3 Å². The van der Waals surface area contributed by atoms with Gasteiger partial charge >= 0.3 is 0 Å². The number of alkyl halides is 1. The minimum atomic E-state index is -0.0863. The molecule has 1 aromatic rings. The molecular formula is C8H8ClNOS. The Morgan fingerprint density at radius 3 is 2.83 bits per heavy atom. The van der Waals surface area contributed by atoms with Crippen LogP contribution in [-0.4, -0.2) is 22.9 Å². The average molecular weight is 202 g/mol. The third-order valence-electron chi connectivity index (χ3n) is 1.39. The molecular weight excluding hydrogens is 194 g/mol. The molecule has 0 N–H and O–H groups in total. The van der Waals surface area contributed by atoms with E-state index < -0.39 is 0 Å². The number of halogens is 1. The summed E-state index contributed by atoms with van der Waals surface area (Å²) in [6, 6.07) is 3.55. The maximum absolute atomic E-state index is 11.0. The molecule has 0 atom stereocenters. The molecule has 0 aliphatic carbocycles. The van der Waals surface area contributed by atoms with E-state index >= 15 is 0 Å². The number of thioether (sulfide) groups is 1. The van der Waals surface area contributed by atoms with Gasteiger partial charge in [0.25, 0.3) is 0 Å². The van der Waals surface area contributed by atoms with Gasteiger partial charge in [0, 0.05) is 11.8 Å². The summed E-state index contributed by atoms with van der Waals surface area (Å²) >= 11 is 6.92. The Morgan fingerprint density at radius 2 is 2.42 bits per heavy atom. The molecule has 0 saturated heterocycles. The van der Waals surface area contributed by atoms with Gasteiger partial charge in [0.2, 0.25) is 0 Å². The van der Waals surface area contributed by atoms with Crippen molar-refractivity contribution >= 4 is 29.1 Å². The van der Waals surface area contributed by atoms with Crippen molar-refractivity contribution in [2.75, 3.05) is 12.1 Å². The molecule has 0 fully saturated rings. The number of carbonyl (C=O) groups is 1. The van der Waals surface area contributed by atoms with Gasteiger partial charge in [-0.3, -0.25) is 4.79 Å². The van der Waals surface area contributed by atoms with E-state index in [1.54, 1.807) is 24.0 Å². The van der Waals surface area contributed by atoms with Crippen LogP contribution >= 0.6 is 23.4 Å². The van der Waals surface area contributed by atoms with Crippen LogP contribution in [0, 0.1) is 0 Å². The van der Waals surface area contributed by atoms with Gasteiger partial charge in [-0.1, -0.05) is 0 Å². The molecule has 0 radical (unpaired) electrons. The van der Waals surface area contributed by atoms with Gasteiger partial charge in [-0.25, -0.2) is 4.98 Å². The zero-order valence-corrected chi connectivity index (χ0v) is 8.15. The molecule has 0 aliphatic heterocycles. The summed E-state index contributed by atoms with van der Waals surface area (Å²) in [5.74, 6) is -0.0721. The fourth-order valence-corrected chi connectivity index (χ4v) is 1.26. The van der Waals surface area contributed by atoms with Crippen molar-refractivity contribution in [2.45, 2.75) is 5.03 Å². The molecule has 2 nitrogen and oxygen atoms in total. The molecule has 0 aromatic carbocycles. The van der Waals surface area contributed by atoms with Crippen molar-refractivity contribution in [3.63, 3.8) is 0 Å². The Morgan fingerprint density at radius 1 is 1.67 bits per heavy atom. The fraction of sp³-hybridized carbons (Fsp3) is 0.250. The molecule has 0 saturated carbocycles. The zero-order valence-electron chi connectivity index (χ0n) is 6.58. The van der Waals surface area contributed by atoms with E-state index in [0.29, 0.717) is 5.56 Å². The minimum Gasteiger partial charge on any atom is -0.293 e. The molecule has 0 unspecified atom stereocenters. The SMILES string of the molecule is CSc1ccc(C(=O)CCl)cn1. The van der Waals surface area contributed by atoms with Gasteiger partial charge in [-0.05, 0) is 18.4 Å². The van der Waals surface area contributed by atoms with Gasteiger partial charge in [-0.15, -0.1) is 23.4 Å². The third-order valence-corrected chi connectivity index (χ3v) is 2.29.